The van der Waals surface area contributed by atoms with Crippen LogP contribution in [0.15, 0.2) is 102 Å². The van der Waals surface area contributed by atoms with Crippen LogP contribution in [0.1, 0.15) is 66.8 Å². The third-order valence-electron chi connectivity index (χ3n) is 8.87. The average molecular weight is 480 g/mol. The number of benzene rings is 4. The van der Waals surface area contributed by atoms with Gasteiger partial charge >= 0.3 is 0 Å². The number of nitrogens with zero attached hydrogens (tertiary/aromatic N) is 1. The van der Waals surface area contributed by atoms with Gasteiger partial charge in [0.1, 0.15) is 0 Å². The molecule has 1 aliphatic heterocycles. The summed E-state index contributed by atoms with van der Waals surface area (Å²) < 4.78 is 0. The highest BCUT2D eigenvalue weighted by Crippen LogP contribution is 2.51. The number of para-hydroxylation sites is 1. The topological polar surface area (TPSA) is 3.24 Å². The van der Waals surface area contributed by atoms with E-state index < -0.39 is 0 Å². The van der Waals surface area contributed by atoms with Crippen molar-refractivity contribution in [3.05, 3.63) is 130 Å². The van der Waals surface area contributed by atoms with E-state index in [1.165, 1.54) is 61.5 Å². The minimum atomic E-state index is 0.447. The summed E-state index contributed by atoms with van der Waals surface area (Å²) in [7, 11) is 0. The van der Waals surface area contributed by atoms with E-state index in [4.69, 9.17) is 0 Å². The highest BCUT2D eigenvalue weighted by atomic mass is 15.2. The van der Waals surface area contributed by atoms with Crippen molar-refractivity contribution in [1.82, 2.24) is 0 Å². The lowest BCUT2D eigenvalue weighted by Crippen LogP contribution is -2.24. The Hall–Kier alpha value is -3.84. The lowest BCUT2D eigenvalue weighted by atomic mass is 9.81. The molecule has 1 heteroatoms. The molecule has 4 aromatic carbocycles. The van der Waals surface area contributed by atoms with Crippen molar-refractivity contribution in [2.75, 3.05) is 4.90 Å². The fourth-order valence-corrected chi connectivity index (χ4v) is 7.10. The predicted octanol–water partition coefficient (Wildman–Crippen LogP) is 9.53. The molecule has 3 aliphatic rings. The van der Waals surface area contributed by atoms with Gasteiger partial charge in [0.05, 0.1) is 0 Å². The molecule has 0 fully saturated rings. The van der Waals surface area contributed by atoms with E-state index >= 15 is 0 Å². The summed E-state index contributed by atoms with van der Waals surface area (Å²) in [5.74, 6) is 0.899. The molecule has 3 unspecified atom stereocenters. The smallest absolute Gasteiger partial charge is 0.0490 e. The van der Waals surface area contributed by atoms with Crippen LogP contribution in [0.5, 0.6) is 0 Å². The summed E-state index contributed by atoms with van der Waals surface area (Å²) >= 11 is 0. The Balaban J connectivity index is 1.25. The van der Waals surface area contributed by atoms with Crippen LogP contribution in [0.25, 0.3) is 23.3 Å². The van der Waals surface area contributed by atoms with Crippen LogP contribution in [0.4, 0.5) is 11.4 Å². The minimum absolute atomic E-state index is 0.447. The lowest BCUT2D eigenvalue weighted by Gasteiger charge is -2.28. The third kappa shape index (κ3) is 3.52. The zero-order valence-electron chi connectivity index (χ0n) is 21.9. The van der Waals surface area contributed by atoms with Crippen LogP contribution < -0.4 is 4.90 Å². The largest absolute Gasteiger partial charge is 0.338 e. The van der Waals surface area contributed by atoms with E-state index in [2.05, 4.69) is 129 Å². The molecule has 7 rings (SSSR count). The van der Waals surface area contributed by atoms with Crippen LogP contribution in [0.3, 0.4) is 0 Å². The predicted molar refractivity (Wildman–Crippen MR) is 157 cm³/mol. The van der Waals surface area contributed by atoms with Gasteiger partial charge in [-0.15, -0.1) is 0 Å². The van der Waals surface area contributed by atoms with Gasteiger partial charge in [0.2, 0.25) is 0 Å². The van der Waals surface area contributed by atoms with E-state index in [0.29, 0.717) is 17.9 Å². The molecule has 0 N–H and O–H groups in total. The normalized spacial score (nSPS) is 21.4. The summed E-state index contributed by atoms with van der Waals surface area (Å²) in [6.07, 6.45) is 7.14. The average Bonchev–Trinajstić information content (AvgIpc) is 3.54. The molecule has 4 aromatic rings. The van der Waals surface area contributed by atoms with Crippen LogP contribution in [-0.2, 0) is 6.42 Å². The number of rotatable bonds is 4. The van der Waals surface area contributed by atoms with Crippen molar-refractivity contribution in [2.24, 2.45) is 0 Å². The van der Waals surface area contributed by atoms with Gasteiger partial charge in [0.25, 0.3) is 0 Å². The first-order valence-corrected chi connectivity index (χ1v) is 13.6. The summed E-state index contributed by atoms with van der Waals surface area (Å²) in [6.45, 7) is 7.02. The van der Waals surface area contributed by atoms with Crippen molar-refractivity contribution >= 4 is 23.5 Å². The Morgan fingerprint density at radius 1 is 0.649 bits per heavy atom. The molecule has 0 saturated heterocycles. The van der Waals surface area contributed by atoms with E-state index in [1.54, 1.807) is 0 Å². The van der Waals surface area contributed by atoms with E-state index in [0.717, 1.165) is 12.8 Å². The summed E-state index contributed by atoms with van der Waals surface area (Å²) in [4.78, 5) is 2.57. The molecule has 2 aliphatic carbocycles. The molecule has 182 valence electrons. The van der Waals surface area contributed by atoms with Gasteiger partial charge in [0, 0.05) is 34.8 Å². The second-order valence-corrected chi connectivity index (χ2v) is 11.1. The molecular formula is C36H33N. The van der Waals surface area contributed by atoms with E-state index in [1.807, 2.05) is 0 Å². The second kappa shape index (κ2) is 8.63. The van der Waals surface area contributed by atoms with Gasteiger partial charge < -0.3 is 4.90 Å². The molecule has 1 nitrogen and oxygen atoms in total. The maximum absolute atomic E-state index is 2.57. The van der Waals surface area contributed by atoms with Crippen molar-refractivity contribution < 1.29 is 0 Å². The SMILES string of the molecule is CC1=Cc2c(-c3ccccc3)cccc2C1CC1C(C)=Cc2c1cccc2N1c2ccccc2CC1C. The van der Waals surface area contributed by atoms with Crippen LogP contribution in [-0.4, -0.2) is 6.04 Å². The summed E-state index contributed by atoms with van der Waals surface area (Å²) in [5, 5.41) is 0. The Labute approximate surface area is 220 Å². The minimum Gasteiger partial charge on any atom is -0.338 e. The molecule has 0 amide bonds. The number of hydrogen-bond donors (Lipinski definition) is 0. The summed E-state index contributed by atoms with van der Waals surface area (Å²) in [5.41, 5.74) is 15.6. The highest BCUT2D eigenvalue weighted by Gasteiger charge is 2.34. The van der Waals surface area contributed by atoms with E-state index in [-0.39, 0.29) is 0 Å². The molecule has 1 heterocycles. The number of fused-ring (bicyclic) bond motifs is 3. The van der Waals surface area contributed by atoms with Crippen molar-refractivity contribution in [3.8, 4) is 11.1 Å². The van der Waals surface area contributed by atoms with Crippen molar-refractivity contribution in [1.29, 1.82) is 0 Å². The molecule has 0 saturated carbocycles. The van der Waals surface area contributed by atoms with Gasteiger partial charge in [-0.2, -0.15) is 0 Å². The highest BCUT2D eigenvalue weighted by molar-refractivity contribution is 5.84. The molecule has 37 heavy (non-hydrogen) atoms. The zero-order chi connectivity index (χ0) is 25.1. The molecule has 3 atom stereocenters. The third-order valence-corrected chi connectivity index (χ3v) is 8.87. The van der Waals surface area contributed by atoms with Gasteiger partial charge in [-0.3, -0.25) is 0 Å². The first kappa shape index (κ1) is 22.4. The zero-order valence-corrected chi connectivity index (χ0v) is 21.9. The van der Waals surface area contributed by atoms with Gasteiger partial charge in [-0.25, -0.2) is 0 Å². The fraction of sp³-hybridized carbons (Fsp3) is 0.222. The second-order valence-electron chi connectivity index (χ2n) is 11.1. The Morgan fingerprint density at radius 3 is 2.05 bits per heavy atom. The van der Waals surface area contributed by atoms with Gasteiger partial charge in [-0.05, 0) is 79.1 Å². The standard InChI is InChI=1S/C36H33N/c1-23-19-33-28(26-11-5-4-6-12-26)14-9-15-29(33)31(23)22-32-24(2)20-34-30(32)16-10-18-36(34)37-25(3)21-27-13-7-8-17-35(27)37/h4-20,25,31-32H,21-22H2,1-3H3. The maximum atomic E-state index is 2.57. The first-order chi connectivity index (χ1) is 18.1. The Bertz CT molecular complexity index is 1570. The van der Waals surface area contributed by atoms with Crippen LogP contribution >= 0.6 is 0 Å². The molecule has 0 bridgehead atoms. The van der Waals surface area contributed by atoms with Gasteiger partial charge in [-0.1, -0.05) is 102 Å². The number of hydrogen-bond acceptors (Lipinski definition) is 1. The van der Waals surface area contributed by atoms with Crippen LogP contribution in [0.2, 0.25) is 0 Å². The van der Waals surface area contributed by atoms with Crippen LogP contribution in [0, 0.1) is 0 Å². The fourth-order valence-electron chi connectivity index (χ4n) is 7.10. The molecule has 0 spiro atoms. The van der Waals surface area contributed by atoms with Crippen molar-refractivity contribution in [2.45, 2.75) is 51.5 Å². The number of allylic oxidation sites excluding steroid dienone is 2. The monoisotopic (exact) mass is 479 g/mol. The Kier molecular flexibility index (Phi) is 5.22. The molecule has 0 radical (unpaired) electrons. The van der Waals surface area contributed by atoms with Gasteiger partial charge in [0.15, 0.2) is 0 Å². The summed E-state index contributed by atoms with van der Waals surface area (Å²) in [6, 6.07) is 34.1. The molecule has 0 aromatic heterocycles. The number of anilines is 2. The van der Waals surface area contributed by atoms with Crippen molar-refractivity contribution in [3.63, 3.8) is 0 Å². The lowest BCUT2D eigenvalue weighted by molar-refractivity contribution is 0.642. The quantitative estimate of drug-likeness (QED) is 0.282. The first-order valence-electron chi connectivity index (χ1n) is 13.6. The Morgan fingerprint density at radius 2 is 1.27 bits per heavy atom. The van der Waals surface area contributed by atoms with E-state index in [9.17, 15) is 0 Å². The maximum Gasteiger partial charge on any atom is 0.0490 e. The molecular weight excluding hydrogens is 446 g/mol.